The topological polar surface area (TPSA) is 103 Å². The molecule has 3 heterocycles. The Morgan fingerprint density at radius 3 is 2.27 bits per heavy atom. The maximum absolute atomic E-state index is 12.4. The van der Waals surface area contributed by atoms with Crippen LogP contribution in [0.4, 0.5) is 0 Å². The van der Waals surface area contributed by atoms with Crippen LogP contribution in [-0.4, -0.2) is 33.5 Å². The lowest BCUT2D eigenvalue weighted by Crippen LogP contribution is -2.39. The molecular weight excluding hydrogens is 472 g/mol. The van der Waals surface area contributed by atoms with Crippen LogP contribution in [0, 0.1) is 6.92 Å². The minimum Gasteiger partial charge on any atom is -0.457 e. The van der Waals surface area contributed by atoms with Gasteiger partial charge in [-0.25, -0.2) is 4.79 Å². The van der Waals surface area contributed by atoms with Crippen molar-refractivity contribution in [3.8, 4) is 11.5 Å². The maximum atomic E-state index is 12.4. The summed E-state index contributed by atoms with van der Waals surface area (Å²) in [4.78, 5) is 26.5. The molecule has 8 heteroatoms. The summed E-state index contributed by atoms with van der Waals surface area (Å²) in [6.45, 7) is 1.66. The zero-order chi connectivity index (χ0) is 25.6. The van der Waals surface area contributed by atoms with Crippen molar-refractivity contribution in [3.63, 3.8) is 0 Å². The highest BCUT2D eigenvalue weighted by Crippen LogP contribution is 2.52. The van der Waals surface area contributed by atoms with Gasteiger partial charge in [0.1, 0.15) is 23.8 Å². The lowest BCUT2D eigenvalue weighted by Gasteiger charge is -2.41. The molecule has 0 amide bonds. The molecule has 0 bridgehead atoms. The summed E-state index contributed by atoms with van der Waals surface area (Å²) in [5.74, 6) is 1.37. The van der Waals surface area contributed by atoms with Crippen molar-refractivity contribution in [2.45, 2.75) is 37.4 Å². The van der Waals surface area contributed by atoms with Crippen LogP contribution in [0.1, 0.15) is 34.9 Å². The third-order valence-electron chi connectivity index (χ3n) is 7.06. The molecule has 3 aromatic carbocycles. The number of aromatic nitrogens is 2. The van der Waals surface area contributed by atoms with Crippen LogP contribution < -0.4 is 16.0 Å². The van der Waals surface area contributed by atoms with Crippen molar-refractivity contribution >= 4 is 0 Å². The first-order valence-corrected chi connectivity index (χ1v) is 12.2. The van der Waals surface area contributed by atoms with Crippen molar-refractivity contribution in [1.29, 1.82) is 0 Å². The van der Waals surface area contributed by atoms with E-state index in [4.69, 9.17) is 14.2 Å². The van der Waals surface area contributed by atoms with Gasteiger partial charge < -0.3 is 19.3 Å². The Morgan fingerprint density at radius 1 is 0.973 bits per heavy atom. The monoisotopic (exact) mass is 498 g/mol. The summed E-state index contributed by atoms with van der Waals surface area (Å²) in [7, 11) is 0. The fourth-order valence-corrected chi connectivity index (χ4v) is 5.22. The Hall–Kier alpha value is -3.98. The fraction of sp³-hybridized carbons (Fsp3) is 0.241. The molecule has 3 atom stereocenters. The third-order valence-corrected chi connectivity index (χ3v) is 7.06. The summed E-state index contributed by atoms with van der Waals surface area (Å²) in [5.41, 5.74) is 0.946. The number of H-pyrrole nitrogens is 1. The van der Waals surface area contributed by atoms with E-state index in [1.54, 1.807) is 6.92 Å². The van der Waals surface area contributed by atoms with E-state index in [-0.39, 0.29) is 13.0 Å². The molecule has 2 N–H and O–H groups in total. The number of hydrogen-bond donors (Lipinski definition) is 2. The van der Waals surface area contributed by atoms with Gasteiger partial charge in [-0.2, -0.15) is 0 Å². The number of fused-ring (bicyclic) bond motifs is 2. The van der Waals surface area contributed by atoms with E-state index in [2.05, 4.69) is 4.98 Å². The molecule has 37 heavy (non-hydrogen) atoms. The molecule has 1 fully saturated rings. The second kappa shape index (κ2) is 9.15. The van der Waals surface area contributed by atoms with Crippen LogP contribution in [-0.2, 0) is 15.1 Å². The van der Waals surface area contributed by atoms with Gasteiger partial charge in [0.05, 0.1) is 12.7 Å². The number of benzene rings is 3. The number of nitrogens with one attached hydrogen (secondary N) is 1. The van der Waals surface area contributed by atoms with E-state index in [0.29, 0.717) is 17.1 Å². The molecule has 2 aliphatic heterocycles. The minimum absolute atomic E-state index is 0.0479. The third kappa shape index (κ3) is 3.90. The number of ether oxygens (including phenoxy) is 3. The zero-order valence-corrected chi connectivity index (χ0v) is 20.2. The summed E-state index contributed by atoms with van der Waals surface area (Å²) < 4.78 is 20.5. The summed E-state index contributed by atoms with van der Waals surface area (Å²) in [5, 5.41) is 10.9. The van der Waals surface area contributed by atoms with E-state index >= 15 is 0 Å². The van der Waals surface area contributed by atoms with Crippen molar-refractivity contribution in [2.24, 2.45) is 0 Å². The summed E-state index contributed by atoms with van der Waals surface area (Å²) >= 11 is 0. The van der Waals surface area contributed by atoms with Crippen LogP contribution in [0.25, 0.3) is 0 Å². The summed E-state index contributed by atoms with van der Waals surface area (Å²) in [6.07, 6.45) is -0.658. The smallest absolute Gasteiger partial charge is 0.330 e. The van der Waals surface area contributed by atoms with E-state index in [1.165, 1.54) is 10.8 Å². The Balaban J connectivity index is 1.38. The zero-order valence-electron chi connectivity index (χ0n) is 20.2. The van der Waals surface area contributed by atoms with Gasteiger partial charge in [-0.3, -0.25) is 14.3 Å². The average Bonchev–Trinajstić information content (AvgIpc) is 3.29. The van der Waals surface area contributed by atoms with Crippen molar-refractivity contribution in [3.05, 3.63) is 128 Å². The summed E-state index contributed by atoms with van der Waals surface area (Å²) in [6, 6.07) is 25.4. The SMILES string of the molecule is Cc1cn([C@H]2C[C@H](O)[C@@H](COC3(c4ccccc4)c4ccccc4Oc4ccccc43)O2)c(=O)[nH]c1=O. The van der Waals surface area contributed by atoms with Gasteiger partial charge in [0.15, 0.2) is 5.60 Å². The molecule has 0 aliphatic carbocycles. The normalized spacial score (nSPS) is 21.6. The standard InChI is InChI=1S/C29H26N2O6/c1-18-16-31(28(34)30-27(18)33)26-15-22(32)25(37-26)17-35-29(19-9-3-2-4-10-19)20-11-5-7-13-23(20)36-24-14-8-6-12-21(24)29/h2-14,16,22,25-26,32H,15,17H2,1H3,(H,30,33,34)/t22-,25+,26+/m0/s1. The van der Waals surface area contributed by atoms with E-state index in [1.807, 2.05) is 78.9 Å². The molecule has 1 aromatic heterocycles. The number of hydrogen-bond acceptors (Lipinski definition) is 6. The number of aliphatic hydroxyl groups excluding tert-OH is 1. The number of aromatic amines is 1. The first-order chi connectivity index (χ1) is 18.0. The van der Waals surface area contributed by atoms with Gasteiger partial charge in [-0.1, -0.05) is 66.7 Å². The quantitative estimate of drug-likeness (QED) is 0.436. The molecule has 2 aliphatic rings. The molecule has 8 nitrogen and oxygen atoms in total. The maximum Gasteiger partial charge on any atom is 0.330 e. The minimum atomic E-state index is -1.01. The molecule has 188 valence electrons. The number of aliphatic hydroxyl groups is 1. The van der Waals surface area contributed by atoms with E-state index < -0.39 is 35.3 Å². The molecule has 6 rings (SSSR count). The molecular formula is C29H26N2O6. The predicted molar refractivity (Wildman–Crippen MR) is 136 cm³/mol. The Kier molecular flexibility index (Phi) is 5.79. The second-order valence-electron chi connectivity index (χ2n) is 9.36. The molecule has 4 aromatic rings. The molecule has 0 saturated carbocycles. The molecule has 1 saturated heterocycles. The number of nitrogens with zero attached hydrogens (tertiary/aromatic N) is 1. The first-order valence-electron chi connectivity index (χ1n) is 12.2. The molecule has 0 spiro atoms. The van der Waals surface area contributed by atoms with Gasteiger partial charge in [0.25, 0.3) is 5.56 Å². The highest BCUT2D eigenvalue weighted by Gasteiger charge is 2.46. The lowest BCUT2D eigenvalue weighted by atomic mass is 9.77. The number of rotatable bonds is 5. The van der Waals surface area contributed by atoms with Crippen LogP contribution >= 0.6 is 0 Å². The lowest BCUT2D eigenvalue weighted by molar-refractivity contribution is -0.0961. The van der Waals surface area contributed by atoms with Gasteiger partial charge in [0.2, 0.25) is 0 Å². The Labute approximate surface area is 212 Å². The largest absolute Gasteiger partial charge is 0.457 e. The molecule has 0 unspecified atom stereocenters. The highest BCUT2D eigenvalue weighted by atomic mass is 16.6. The highest BCUT2D eigenvalue weighted by molar-refractivity contribution is 5.61. The second-order valence-corrected chi connectivity index (χ2v) is 9.36. The van der Waals surface area contributed by atoms with Crippen LogP contribution in [0.15, 0.2) is 94.6 Å². The van der Waals surface area contributed by atoms with Crippen LogP contribution in [0.2, 0.25) is 0 Å². The van der Waals surface area contributed by atoms with Gasteiger partial charge >= 0.3 is 5.69 Å². The van der Waals surface area contributed by atoms with Gasteiger partial charge in [-0.05, 0) is 24.6 Å². The van der Waals surface area contributed by atoms with Crippen molar-refractivity contribution < 1.29 is 19.3 Å². The predicted octanol–water partition coefficient (Wildman–Crippen LogP) is 3.61. The van der Waals surface area contributed by atoms with Gasteiger partial charge in [0, 0.05) is 29.3 Å². The van der Waals surface area contributed by atoms with Gasteiger partial charge in [-0.15, -0.1) is 0 Å². The first kappa shape index (κ1) is 23.4. The number of aryl methyl sites for hydroxylation is 1. The Morgan fingerprint density at radius 2 is 1.59 bits per heavy atom. The van der Waals surface area contributed by atoms with Crippen LogP contribution in [0.5, 0.6) is 11.5 Å². The number of para-hydroxylation sites is 2. The average molecular weight is 499 g/mol. The van der Waals surface area contributed by atoms with E-state index in [9.17, 15) is 14.7 Å². The van der Waals surface area contributed by atoms with Crippen molar-refractivity contribution in [2.75, 3.05) is 6.61 Å². The van der Waals surface area contributed by atoms with E-state index in [0.717, 1.165) is 16.7 Å². The fourth-order valence-electron chi connectivity index (χ4n) is 5.22. The van der Waals surface area contributed by atoms with Crippen molar-refractivity contribution in [1.82, 2.24) is 9.55 Å². The molecule has 0 radical (unpaired) electrons. The Bertz CT molecular complexity index is 1520. The van der Waals surface area contributed by atoms with Crippen LogP contribution in [0.3, 0.4) is 0 Å².